The van der Waals surface area contributed by atoms with Gasteiger partial charge in [-0.3, -0.25) is 9.69 Å². The molecule has 0 radical (unpaired) electrons. The molecule has 1 aliphatic heterocycles. The number of rotatable bonds is 3. The van der Waals surface area contributed by atoms with Gasteiger partial charge in [-0.1, -0.05) is 13.8 Å². The third kappa shape index (κ3) is 2.67. The van der Waals surface area contributed by atoms with Crippen LogP contribution in [0.1, 0.15) is 26.7 Å². The monoisotopic (exact) mass is 229 g/mol. The van der Waals surface area contributed by atoms with E-state index >= 15 is 0 Å². The maximum atomic E-state index is 11.2. The largest absolute Gasteiger partial charge is 0.480 e. The highest BCUT2D eigenvalue weighted by atomic mass is 32.2. The lowest BCUT2D eigenvalue weighted by molar-refractivity contribution is -0.144. The minimum absolute atomic E-state index is 0.212. The third-order valence-corrected chi connectivity index (χ3v) is 4.39. The molecule has 1 saturated heterocycles. The number of carboxylic acid groups (broad SMARTS) is 1. The summed E-state index contributed by atoms with van der Waals surface area (Å²) in [5.74, 6) is -0.200. The number of hydrogen-bond acceptors (Lipinski definition) is 3. The molecule has 1 aliphatic carbocycles. The Balaban J connectivity index is 2.02. The van der Waals surface area contributed by atoms with Gasteiger partial charge in [-0.25, -0.2) is 0 Å². The quantitative estimate of drug-likeness (QED) is 0.799. The first-order chi connectivity index (χ1) is 7.08. The zero-order chi connectivity index (χ0) is 11.0. The number of thioether (sulfide) groups is 1. The van der Waals surface area contributed by atoms with Gasteiger partial charge in [-0.05, 0) is 18.8 Å². The maximum Gasteiger partial charge on any atom is 0.321 e. The second-order valence-electron chi connectivity index (χ2n) is 4.83. The molecule has 2 rings (SSSR count). The van der Waals surface area contributed by atoms with Gasteiger partial charge in [-0.2, -0.15) is 11.8 Å². The fraction of sp³-hybridized carbons (Fsp3) is 0.909. The Bertz CT molecular complexity index is 245. The Morgan fingerprint density at radius 3 is 2.27 bits per heavy atom. The van der Waals surface area contributed by atoms with E-state index in [2.05, 4.69) is 18.7 Å². The van der Waals surface area contributed by atoms with Crippen molar-refractivity contribution in [2.24, 2.45) is 5.92 Å². The first-order valence-corrected chi connectivity index (χ1v) is 6.64. The van der Waals surface area contributed by atoms with Crippen LogP contribution in [-0.4, -0.2) is 45.6 Å². The summed E-state index contributed by atoms with van der Waals surface area (Å²) < 4.78 is 0. The zero-order valence-corrected chi connectivity index (χ0v) is 10.2. The Kier molecular flexibility index (Phi) is 3.26. The van der Waals surface area contributed by atoms with Crippen molar-refractivity contribution < 1.29 is 9.90 Å². The van der Waals surface area contributed by atoms with Crippen LogP contribution >= 0.6 is 11.8 Å². The molecule has 3 atom stereocenters. The van der Waals surface area contributed by atoms with Crippen molar-refractivity contribution in [1.82, 2.24) is 4.90 Å². The maximum absolute atomic E-state index is 11.2. The van der Waals surface area contributed by atoms with Crippen LogP contribution in [0.3, 0.4) is 0 Å². The van der Waals surface area contributed by atoms with Gasteiger partial charge < -0.3 is 5.11 Å². The zero-order valence-electron chi connectivity index (χ0n) is 9.35. The molecule has 0 aromatic carbocycles. The standard InChI is InChI=1S/C11H19NO2S/c1-7-5-12(6-8(2)15-7)10(11(13)14)9-3-4-9/h7-10H,3-6H2,1-2H3,(H,13,14). The molecule has 0 aromatic heterocycles. The van der Waals surface area contributed by atoms with Gasteiger partial charge in [0.1, 0.15) is 6.04 Å². The van der Waals surface area contributed by atoms with Crippen LogP contribution in [0.15, 0.2) is 0 Å². The van der Waals surface area contributed by atoms with E-state index in [4.69, 9.17) is 0 Å². The highest BCUT2D eigenvalue weighted by molar-refractivity contribution is 8.00. The van der Waals surface area contributed by atoms with Crippen molar-refractivity contribution in [3.63, 3.8) is 0 Å². The van der Waals surface area contributed by atoms with E-state index in [1.807, 2.05) is 11.8 Å². The second-order valence-corrected chi connectivity index (χ2v) is 6.71. The summed E-state index contributed by atoms with van der Waals surface area (Å²) in [6, 6.07) is -0.212. The van der Waals surface area contributed by atoms with E-state index in [-0.39, 0.29) is 6.04 Å². The minimum atomic E-state index is -0.621. The molecule has 4 heteroatoms. The van der Waals surface area contributed by atoms with Crippen LogP contribution in [0.4, 0.5) is 0 Å². The van der Waals surface area contributed by atoms with E-state index < -0.39 is 5.97 Å². The molecule has 2 fully saturated rings. The molecule has 1 saturated carbocycles. The molecule has 0 spiro atoms. The van der Waals surface area contributed by atoms with Crippen LogP contribution in [0.25, 0.3) is 0 Å². The molecule has 3 nitrogen and oxygen atoms in total. The molecular weight excluding hydrogens is 210 g/mol. The summed E-state index contributed by atoms with van der Waals surface area (Å²) in [7, 11) is 0. The smallest absolute Gasteiger partial charge is 0.321 e. The van der Waals surface area contributed by atoms with E-state index in [0.29, 0.717) is 16.4 Å². The number of carboxylic acids is 1. The molecule has 0 bridgehead atoms. The lowest BCUT2D eigenvalue weighted by Gasteiger charge is -2.38. The first kappa shape index (κ1) is 11.3. The first-order valence-electron chi connectivity index (χ1n) is 5.70. The van der Waals surface area contributed by atoms with Crippen molar-refractivity contribution in [3.05, 3.63) is 0 Å². The minimum Gasteiger partial charge on any atom is -0.480 e. The summed E-state index contributed by atoms with van der Waals surface area (Å²) in [6.07, 6.45) is 2.20. The van der Waals surface area contributed by atoms with Gasteiger partial charge in [0.2, 0.25) is 0 Å². The van der Waals surface area contributed by atoms with Crippen molar-refractivity contribution in [2.75, 3.05) is 13.1 Å². The predicted molar refractivity (Wildman–Crippen MR) is 62.2 cm³/mol. The van der Waals surface area contributed by atoms with Crippen LogP contribution in [0.2, 0.25) is 0 Å². The van der Waals surface area contributed by atoms with E-state index in [1.165, 1.54) is 0 Å². The highest BCUT2D eigenvalue weighted by Gasteiger charge is 2.42. The molecule has 3 unspecified atom stereocenters. The Labute approximate surface area is 95.2 Å². The number of hydrogen-bond donors (Lipinski definition) is 1. The number of nitrogens with zero attached hydrogens (tertiary/aromatic N) is 1. The van der Waals surface area contributed by atoms with Crippen LogP contribution in [0.5, 0.6) is 0 Å². The average Bonchev–Trinajstić information content (AvgIpc) is 2.85. The van der Waals surface area contributed by atoms with Crippen molar-refractivity contribution in [1.29, 1.82) is 0 Å². The molecule has 0 amide bonds. The molecule has 2 aliphatic rings. The molecular formula is C11H19NO2S. The average molecular weight is 229 g/mol. The number of aliphatic carboxylic acids is 1. The van der Waals surface area contributed by atoms with Gasteiger partial charge in [0, 0.05) is 23.6 Å². The fourth-order valence-electron chi connectivity index (χ4n) is 2.51. The van der Waals surface area contributed by atoms with Crippen molar-refractivity contribution in [3.8, 4) is 0 Å². The van der Waals surface area contributed by atoms with E-state index in [1.54, 1.807) is 0 Å². The SMILES string of the molecule is CC1CN(C(C(=O)O)C2CC2)CC(C)S1. The summed E-state index contributed by atoms with van der Waals surface area (Å²) in [5, 5.41) is 10.4. The highest BCUT2D eigenvalue weighted by Crippen LogP contribution is 2.38. The Morgan fingerprint density at radius 1 is 1.33 bits per heavy atom. The second kappa shape index (κ2) is 4.34. The lowest BCUT2D eigenvalue weighted by atomic mass is 10.1. The van der Waals surface area contributed by atoms with Gasteiger partial charge in [0.05, 0.1) is 0 Å². The molecule has 1 heterocycles. The van der Waals surface area contributed by atoms with Crippen LogP contribution < -0.4 is 0 Å². The van der Waals surface area contributed by atoms with E-state index in [0.717, 1.165) is 25.9 Å². The summed E-state index contributed by atoms with van der Waals surface area (Å²) in [4.78, 5) is 13.4. The van der Waals surface area contributed by atoms with Gasteiger partial charge in [-0.15, -0.1) is 0 Å². The van der Waals surface area contributed by atoms with Crippen molar-refractivity contribution in [2.45, 2.75) is 43.2 Å². The molecule has 15 heavy (non-hydrogen) atoms. The van der Waals surface area contributed by atoms with Gasteiger partial charge >= 0.3 is 5.97 Å². The summed E-state index contributed by atoms with van der Waals surface area (Å²) in [5.41, 5.74) is 0. The molecule has 1 N–H and O–H groups in total. The van der Waals surface area contributed by atoms with E-state index in [9.17, 15) is 9.90 Å². The Hall–Kier alpha value is -0.220. The van der Waals surface area contributed by atoms with Gasteiger partial charge in [0.15, 0.2) is 0 Å². The summed E-state index contributed by atoms with van der Waals surface area (Å²) in [6.45, 7) is 6.25. The molecule has 0 aromatic rings. The third-order valence-electron chi connectivity index (χ3n) is 3.16. The van der Waals surface area contributed by atoms with Crippen LogP contribution in [0, 0.1) is 5.92 Å². The normalized spacial score (nSPS) is 35.1. The predicted octanol–water partition coefficient (Wildman–Crippen LogP) is 1.68. The number of carbonyl (C=O) groups is 1. The van der Waals surface area contributed by atoms with Crippen molar-refractivity contribution >= 4 is 17.7 Å². The van der Waals surface area contributed by atoms with Crippen LogP contribution in [-0.2, 0) is 4.79 Å². The topological polar surface area (TPSA) is 40.5 Å². The Morgan fingerprint density at radius 2 is 1.87 bits per heavy atom. The fourth-order valence-corrected chi connectivity index (χ4v) is 3.86. The molecule has 86 valence electrons. The van der Waals surface area contributed by atoms with Gasteiger partial charge in [0.25, 0.3) is 0 Å². The lowest BCUT2D eigenvalue weighted by Crippen LogP contribution is -2.50. The summed E-state index contributed by atoms with van der Waals surface area (Å²) >= 11 is 1.97.